The van der Waals surface area contributed by atoms with Crippen LogP contribution in [0.5, 0.6) is 0 Å². The number of rotatable bonds is 2. The molecule has 0 spiro atoms. The van der Waals surface area contributed by atoms with Gasteiger partial charge < -0.3 is 4.90 Å². The maximum absolute atomic E-state index is 4.50. The van der Waals surface area contributed by atoms with Gasteiger partial charge in [0.05, 0.1) is 11.9 Å². The van der Waals surface area contributed by atoms with Gasteiger partial charge in [-0.3, -0.25) is 9.88 Å². The molecular weight excluding hydrogens is 329 g/mol. The van der Waals surface area contributed by atoms with Crippen molar-refractivity contribution in [2.75, 3.05) is 31.1 Å². The largest absolute Gasteiger partial charge is 0.365 e. The summed E-state index contributed by atoms with van der Waals surface area (Å²) in [5.74, 6) is 0. The molecule has 2 bridgehead atoms. The zero-order valence-electron chi connectivity index (χ0n) is 13.3. The highest BCUT2D eigenvalue weighted by Crippen LogP contribution is 2.30. The average Bonchev–Trinajstić information content (AvgIpc) is 2.89. The van der Waals surface area contributed by atoms with Gasteiger partial charge in [-0.2, -0.15) is 0 Å². The fourth-order valence-electron chi connectivity index (χ4n) is 3.67. The predicted octanol–water partition coefficient (Wildman–Crippen LogP) is 3.79. The van der Waals surface area contributed by atoms with Crippen molar-refractivity contribution in [3.63, 3.8) is 0 Å². The van der Waals surface area contributed by atoms with E-state index in [0.29, 0.717) is 6.04 Å². The highest BCUT2D eigenvalue weighted by atomic mass is 35.5. The summed E-state index contributed by atoms with van der Waals surface area (Å²) in [6.45, 7) is 6.95. The van der Waals surface area contributed by atoms with Crippen molar-refractivity contribution in [3.8, 4) is 11.1 Å². The first-order chi connectivity index (χ1) is 10.3. The van der Waals surface area contributed by atoms with E-state index in [-0.39, 0.29) is 24.8 Å². The minimum atomic E-state index is 0. The van der Waals surface area contributed by atoms with Gasteiger partial charge in [0.15, 0.2) is 0 Å². The molecule has 0 aliphatic carbocycles. The number of hydrogen-bond donors (Lipinski definition) is 0. The van der Waals surface area contributed by atoms with E-state index in [9.17, 15) is 0 Å². The van der Waals surface area contributed by atoms with Crippen LogP contribution in [0.4, 0.5) is 5.69 Å². The third kappa shape index (κ3) is 3.47. The van der Waals surface area contributed by atoms with Crippen LogP contribution in [0.15, 0.2) is 42.7 Å². The van der Waals surface area contributed by atoms with Crippen LogP contribution in [0.1, 0.15) is 12.0 Å². The molecule has 124 valence electrons. The first-order valence-electron chi connectivity index (χ1n) is 7.81. The molecule has 0 N–H and O–H groups in total. The number of piperazine rings is 1. The van der Waals surface area contributed by atoms with Crippen LogP contribution < -0.4 is 4.90 Å². The van der Waals surface area contributed by atoms with E-state index in [0.717, 1.165) is 6.54 Å². The number of halogens is 2. The van der Waals surface area contributed by atoms with Crippen LogP contribution in [0.25, 0.3) is 11.1 Å². The molecule has 2 atom stereocenters. The number of pyridine rings is 1. The Bertz CT molecular complexity index is 662. The quantitative estimate of drug-likeness (QED) is 0.820. The Hall–Kier alpha value is -1.29. The SMILES string of the molecule is Cc1ccccc1-c1cncc(N2CCN3CCC2C3)c1.Cl.Cl. The van der Waals surface area contributed by atoms with Gasteiger partial charge in [-0.1, -0.05) is 24.3 Å². The lowest BCUT2D eigenvalue weighted by Gasteiger charge is -2.36. The maximum atomic E-state index is 4.50. The Morgan fingerprint density at radius 2 is 1.87 bits per heavy atom. The van der Waals surface area contributed by atoms with E-state index in [4.69, 9.17) is 0 Å². The number of benzene rings is 1. The van der Waals surface area contributed by atoms with Crippen LogP contribution in [0.3, 0.4) is 0 Å². The number of anilines is 1. The summed E-state index contributed by atoms with van der Waals surface area (Å²) in [4.78, 5) is 9.63. The number of hydrogen-bond acceptors (Lipinski definition) is 3. The van der Waals surface area contributed by atoms with Gasteiger partial charge in [0.1, 0.15) is 0 Å². The Balaban J connectivity index is 0.000000960. The summed E-state index contributed by atoms with van der Waals surface area (Å²) in [6, 6.07) is 11.5. The molecule has 4 rings (SSSR count). The number of aromatic nitrogens is 1. The Morgan fingerprint density at radius 1 is 1.04 bits per heavy atom. The standard InChI is InChI=1S/C18H21N3.2ClH/c1-14-4-2-3-5-18(14)15-10-17(12-19-11-15)21-9-8-20-7-6-16(21)13-20;;/h2-5,10-12,16H,6-9,13H2,1H3;2*1H. The minimum absolute atomic E-state index is 0. The van der Waals surface area contributed by atoms with Crippen LogP contribution in [0.2, 0.25) is 0 Å². The molecule has 2 unspecified atom stereocenters. The van der Waals surface area contributed by atoms with Crippen LogP contribution in [-0.4, -0.2) is 42.1 Å². The topological polar surface area (TPSA) is 19.4 Å². The van der Waals surface area contributed by atoms with Gasteiger partial charge in [0.25, 0.3) is 0 Å². The molecule has 3 nitrogen and oxygen atoms in total. The van der Waals surface area contributed by atoms with Crippen molar-refractivity contribution in [3.05, 3.63) is 48.3 Å². The second-order valence-corrected chi connectivity index (χ2v) is 6.18. The normalized spacial score (nSPS) is 22.2. The van der Waals surface area contributed by atoms with E-state index in [1.807, 2.05) is 12.4 Å². The molecule has 2 aliphatic rings. The van der Waals surface area contributed by atoms with E-state index < -0.39 is 0 Å². The van der Waals surface area contributed by atoms with E-state index in [2.05, 4.69) is 52.0 Å². The fraction of sp³-hybridized carbons (Fsp3) is 0.389. The summed E-state index contributed by atoms with van der Waals surface area (Å²) >= 11 is 0. The summed E-state index contributed by atoms with van der Waals surface area (Å²) in [6.07, 6.45) is 5.29. The van der Waals surface area contributed by atoms with Gasteiger partial charge in [-0.05, 0) is 30.5 Å². The third-order valence-electron chi connectivity index (χ3n) is 4.86. The van der Waals surface area contributed by atoms with Gasteiger partial charge in [0, 0.05) is 44.0 Å². The third-order valence-corrected chi connectivity index (χ3v) is 4.86. The zero-order chi connectivity index (χ0) is 14.2. The van der Waals surface area contributed by atoms with Gasteiger partial charge in [-0.15, -0.1) is 24.8 Å². The first-order valence-corrected chi connectivity index (χ1v) is 7.81. The van der Waals surface area contributed by atoms with Crippen molar-refractivity contribution in [2.24, 2.45) is 0 Å². The molecule has 1 aromatic carbocycles. The van der Waals surface area contributed by atoms with Crippen molar-refractivity contribution >= 4 is 30.5 Å². The molecule has 23 heavy (non-hydrogen) atoms. The van der Waals surface area contributed by atoms with E-state index in [1.165, 1.54) is 48.4 Å². The molecule has 1 aromatic heterocycles. The summed E-state index contributed by atoms with van der Waals surface area (Å²) in [5, 5.41) is 0. The Kier molecular flexibility index (Phi) is 5.90. The molecule has 2 saturated heterocycles. The second kappa shape index (κ2) is 7.52. The summed E-state index contributed by atoms with van der Waals surface area (Å²) < 4.78 is 0. The molecule has 5 heteroatoms. The number of aryl methyl sites for hydroxylation is 1. The highest BCUT2D eigenvalue weighted by molar-refractivity contribution is 5.85. The lowest BCUT2D eigenvalue weighted by Crippen LogP contribution is -2.46. The molecular formula is C18H23Cl2N3. The zero-order valence-corrected chi connectivity index (χ0v) is 14.9. The minimum Gasteiger partial charge on any atom is -0.365 e. The molecule has 2 aromatic rings. The number of fused-ring (bicyclic) bond motifs is 2. The van der Waals surface area contributed by atoms with Crippen molar-refractivity contribution in [1.29, 1.82) is 0 Å². The summed E-state index contributed by atoms with van der Waals surface area (Å²) in [7, 11) is 0. The average molecular weight is 352 g/mol. The van der Waals surface area contributed by atoms with E-state index >= 15 is 0 Å². The van der Waals surface area contributed by atoms with E-state index in [1.54, 1.807) is 0 Å². The van der Waals surface area contributed by atoms with Gasteiger partial charge in [0.2, 0.25) is 0 Å². The summed E-state index contributed by atoms with van der Waals surface area (Å²) in [5.41, 5.74) is 5.10. The lowest BCUT2D eigenvalue weighted by atomic mass is 10.0. The Labute approximate surface area is 150 Å². The molecule has 0 amide bonds. The van der Waals surface area contributed by atoms with Crippen molar-refractivity contribution in [1.82, 2.24) is 9.88 Å². The van der Waals surface area contributed by atoms with Gasteiger partial charge in [-0.25, -0.2) is 0 Å². The molecule has 3 heterocycles. The predicted molar refractivity (Wildman–Crippen MR) is 101 cm³/mol. The molecule has 2 fully saturated rings. The van der Waals surface area contributed by atoms with Crippen LogP contribution in [0, 0.1) is 6.92 Å². The van der Waals surface area contributed by atoms with Crippen molar-refractivity contribution in [2.45, 2.75) is 19.4 Å². The first kappa shape index (κ1) is 18.1. The van der Waals surface area contributed by atoms with Gasteiger partial charge >= 0.3 is 0 Å². The smallest absolute Gasteiger partial charge is 0.0562 e. The molecule has 2 aliphatic heterocycles. The number of nitrogens with zero attached hydrogens (tertiary/aromatic N) is 3. The monoisotopic (exact) mass is 351 g/mol. The molecule has 0 radical (unpaired) electrons. The fourth-order valence-corrected chi connectivity index (χ4v) is 3.67. The van der Waals surface area contributed by atoms with Crippen LogP contribution in [-0.2, 0) is 0 Å². The van der Waals surface area contributed by atoms with Crippen molar-refractivity contribution < 1.29 is 0 Å². The Morgan fingerprint density at radius 3 is 2.70 bits per heavy atom. The second-order valence-electron chi connectivity index (χ2n) is 6.18. The molecule has 0 saturated carbocycles. The maximum Gasteiger partial charge on any atom is 0.0562 e. The highest BCUT2D eigenvalue weighted by Gasteiger charge is 2.32. The van der Waals surface area contributed by atoms with Crippen LogP contribution >= 0.6 is 24.8 Å². The lowest BCUT2D eigenvalue weighted by molar-refractivity contribution is 0.310.